The SMILES string of the molecule is C[C@H](OC(=O)CCC(=O)c1ccc(N)cc1)C(=O)Nc1ccc(S(N)(=O)=O)cc1. The topological polar surface area (TPSA) is 159 Å². The van der Waals surface area contributed by atoms with Crippen LogP contribution in [0.4, 0.5) is 11.4 Å². The molecule has 9 nitrogen and oxygen atoms in total. The summed E-state index contributed by atoms with van der Waals surface area (Å²) >= 11 is 0. The molecule has 0 unspecified atom stereocenters. The number of ether oxygens (including phenoxy) is 1. The maximum Gasteiger partial charge on any atom is 0.307 e. The van der Waals surface area contributed by atoms with E-state index in [0.29, 0.717) is 16.9 Å². The zero-order valence-corrected chi connectivity index (χ0v) is 16.4. The summed E-state index contributed by atoms with van der Waals surface area (Å²) in [6.07, 6.45) is -1.34. The maximum absolute atomic E-state index is 12.1. The third kappa shape index (κ3) is 6.70. The van der Waals surface area contributed by atoms with Crippen molar-refractivity contribution in [1.82, 2.24) is 0 Å². The third-order valence-electron chi connectivity index (χ3n) is 3.92. The first-order valence-corrected chi connectivity index (χ1v) is 10.1. The van der Waals surface area contributed by atoms with Gasteiger partial charge < -0.3 is 15.8 Å². The molecular weight excluding hydrogens is 398 g/mol. The average molecular weight is 419 g/mol. The summed E-state index contributed by atoms with van der Waals surface area (Å²) in [6.45, 7) is 1.38. The van der Waals surface area contributed by atoms with E-state index in [1.165, 1.54) is 31.2 Å². The summed E-state index contributed by atoms with van der Waals surface area (Å²) in [5.41, 5.74) is 6.83. The zero-order valence-electron chi connectivity index (χ0n) is 15.6. The number of esters is 1. The molecule has 0 aliphatic rings. The molecule has 0 aliphatic heterocycles. The lowest BCUT2D eigenvalue weighted by Crippen LogP contribution is -2.30. The van der Waals surface area contributed by atoms with Crippen LogP contribution in [-0.4, -0.2) is 32.2 Å². The van der Waals surface area contributed by atoms with E-state index in [-0.39, 0.29) is 23.5 Å². The van der Waals surface area contributed by atoms with Crippen molar-refractivity contribution < 1.29 is 27.5 Å². The van der Waals surface area contributed by atoms with E-state index in [1.54, 1.807) is 24.3 Å². The van der Waals surface area contributed by atoms with Crippen molar-refractivity contribution >= 4 is 39.1 Å². The highest BCUT2D eigenvalue weighted by Crippen LogP contribution is 2.14. The van der Waals surface area contributed by atoms with Gasteiger partial charge >= 0.3 is 5.97 Å². The molecule has 0 saturated heterocycles. The predicted octanol–water partition coefficient (Wildman–Crippen LogP) is 1.45. The molecule has 0 bridgehead atoms. The fraction of sp³-hybridized carbons (Fsp3) is 0.211. The van der Waals surface area contributed by atoms with Gasteiger partial charge in [-0.05, 0) is 55.5 Å². The number of sulfonamides is 1. The summed E-state index contributed by atoms with van der Waals surface area (Å²) in [4.78, 5) is 36.0. The molecule has 0 aromatic heterocycles. The average Bonchev–Trinajstić information content (AvgIpc) is 2.66. The number of nitrogens with one attached hydrogen (secondary N) is 1. The summed E-state index contributed by atoms with van der Waals surface area (Å²) < 4.78 is 27.5. The molecule has 0 radical (unpaired) electrons. The Morgan fingerprint density at radius 2 is 1.59 bits per heavy atom. The van der Waals surface area contributed by atoms with Crippen LogP contribution in [0.2, 0.25) is 0 Å². The smallest absolute Gasteiger partial charge is 0.307 e. The van der Waals surface area contributed by atoms with E-state index in [9.17, 15) is 22.8 Å². The van der Waals surface area contributed by atoms with Crippen molar-refractivity contribution in [3.8, 4) is 0 Å². The number of Topliss-reactive ketones (excluding diaryl/α,β-unsaturated/α-hetero) is 1. The lowest BCUT2D eigenvalue weighted by atomic mass is 10.1. The van der Waals surface area contributed by atoms with Crippen molar-refractivity contribution in [3.63, 3.8) is 0 Å². The van der Waals surface area contributed by atoms with Crippen molar-refractivity contribution in [2.45, 2.75) is 30.8 Å². The number of benzene rings is 2. The van der Waals surface area contributed by atoms with Crippen molar-refractivity contribution in [3.05, 3.63) is 54.1 Å². The summed E-state index contributed by atoms with van der Waals surface area (Å²) in [6, 6.07) is 11.5. The standard InChI is InChI=1S/C19H21N3O6S/c1-12(19(25)22-15-6-8-16(9-7-15)29(21,26)27)28-18(24)11-10-17(23)13-2-4-14(20)5-3-13/h2-9,12H,10-11,20H2,1H3,(H,22,25)(H2,21,26,27)/t12-/m0/s1. The first-order valence-electron chi connectivity index (χ1n) is 8.58. The lowest BCUT2D eigenvalue weighted by Gasteiger charge is -2.13. The summed E-state index contributed by atoms with van der Waals surface area (Å²) in [5.74, 6) is -1.54. The Morgan fingerprint density at radius 3 is 2.14 bits per heavy atom. The van der Waals surface area contributed by atoms with E-state index in [2.05, 4.69) is 5.32 Å². The molecule has 0 heterocycles. The molecular formula is C19H21N3O6S. The van der Waals surface area contributed by atoms with E-state index in [1.807, 2.05) is 0 Å². The van der Waals surface area contributed by atoms with Crippen LogP contribution in [0.5, 0.6) is 0 Å². The van der Waals surface area contributed by atoms with Crippen molar-refractivity contribution in [2.75, 3.05) is 11.1 Å². The van der Waals surface area contributed by atoms with Gasteiger partial charge in [-0.3, -0.25) is 14.4 Å². The van der Waals surface area contributed by atoms with Crippen LogP contribution in [0.3, 0.4) is 0 Å². The minimum Gasteiger partial charge on any atom is -0.453 e. The number of hydrogen-bond donors (Lipinski definition) is 3. The van der Waals surface area contributed by atoms with E-state index in [0.717, 1.165) is 0 Å². The molecule has 1 atom stereocenters. The Morgan fingerprint density at radius 1 is 1.00 bits per heavy atom. The monoisotopic (exact) mass is 419 g/mol. The molecule has 5 N–H and O–H groups in total. The van der Waals surface area contributed by atoms with E-state index < -0.39 is 28.0 Å². The maximum atomic E-state index is 12.1. The molecule has 154 valence electrons. The van der Waals surface area contributed by atoms with Gasteiger partial charge in [-0.15, -0.1) is 0 Å². The number of amides is 1. The van der Waals surface area contributed by atoms with Crippen LogP contribution in [0.1, 0.15) is 30.1 Å². The van der Waals surface area contributed by atoms with Gasteiger partial charge in [0.2, 0.25) is 10.0 Å². The van der Waals surface area contributed by atoms with Crippen LogP contribution >= 0.6 is 0 Å². The number of anilines is 2. The minimum absolute atomic E-state index is 0.0634. The van der Waals surface area contributed by atoms with Crippen LogP contribution < -0.4 is 16.2 Å². The highest BCUT2D eigenvalue weighted by molar-refractivity contribution is 7.89. The lowest BCUT2D eigenvalue weighted by molar-refractivity contribution is -0.153. The van der Waals surface area contributed by atoms with Gasteiger partial charge in [0, 0.05) is 23.4 Å². The summed E-state index contributed by atoms with van der Waals surface area (Å²) in [7, 11) is -3.83. The second-order valence-corrected chi connectivity index (χ2v) is 7.80. The molecule has 2 aromatic carbocycles. The molecule has 0 saturated carbocycles. The molecule has 2 rings (SSSR count). The van der Waals surface area contributed by atoms with Crippen LogP contribution in [0, 0.1) is 0 Å². The predicted molar refractivity (Wildman–Crippen MR) is 106 cm³/mol. The van der Waals surface area contributed by atoms with Crippen molar-refractivity contribution in [2.24, 2.45) is 5.14 Å². The third-order valence-corrected chi connectivity index (χ3v) is 4.85. The number of primary sulfonamides is 1. The van der Waals surface area contributed by atoms with Gasteiger partial charge in [-0.1, -0.05) is 0 Å². The van der Waals surface area contributed by atoms with E-state index in [4.69, 9.17) is 15.6 Å². The Kier molecular flexibility index (Phi) is 7.08. The number of nitrogens with two attached hydrogens (primary N) is 2. The number of ketones is 1. The van der Waals surface area contributed by atoms with E-state index >= 15 is 0 Å². The van der Waals surface area contributed by atoms with Gasteiger partial charge in [0.25, 0.3) is 5.91 Å². The second kappa shape index (κ2) is 9.30. The highest BCUT2D eigenvalue weighted by Gasteiger charge is 2.19. The molecule has 0 aliphatic carbocycles. The van der Waals surface area contributed by atoms with Crippen molar-refractivity contribution in [1.29, 1.82) is 0 Å². The Labute approximate surface area is 168 Å². The molecule has 10 heteroatoms. The second-order valence-electron chi connectivity index (χ2n) is 6.24. The number of hydrogen-bond acceptors (Lipinski definition) is 7. The van der Waals surface area contributed by atoms with Gasteiger partial charge in [-0.2, -0.15) is 0 Å². The number of carbonyl (C=O) groups excluding carboxylic acids is 3. The number of rotatable bonds is 8. The molecule has 29 heavy (non-hydrogen) atoms. The fourth-order valence-corrected chi connectivity index (χ4v) is 2.83. The van der Waals surface area contributed by atoms with Gasteiger partial charge in [0.15, 0.2) is 11.9 Å². The molecule has 0 spiro atoms. The van der Waals surface area contributed by atoms with Gasteiger partial charge in [0.05, 0.1) is 11.3 Å². The Bertz CT molecular complexity index is 1000. The number of carbonyl (C=O) groups is 3. The minimum atomic E-state index is -3.83. The number of nitrogen functional groups attached to an aromatic ring is 1. The largest absolute Gasteiger partial charge is 0.453 e. The first kappa shape index (κ1) is 22.1. The van der Waals surface area contributed by atoms with Crippen LogP contribution in [0.25, 0.3) is 0 Å². The molecule has 0 fully saturated rings. The zero-order chi connectivity index (χ0) is 21.6. The quantitative estimate of drug-likeness (QED) is 0.332. The van der Waals surface area contributed by atoms with Gasteiger partial charge in [0.1, 0.15) is 0 Å². The van der Waals surface area contributed by atoms with Crippen LogP contribution in [0.15, 0.2) is 53.4 Å². The first-order chi connectivity index (χ1) is 13.6. The van der Waals surface area contributed by atoms with Crippen LogP contribution in [-0.2, 0) is 24.3 Å². The Balaban J connectivity index is 1.83. The van der Waals surface area contributed by atoms with Gasteiger partial charge in [-0.25, -0.2) is 13.6 Å². The molecule has 1 amide bonds. The molecule has 2 aromatic rings. The normalized spacial score (nSPS) is 12.1. The Hall–Kier alpha value is -3.24. The highest BCUT2D eigenvalue weighted by atomic mass is 32.2. The summed E-state index contributed by atoms with van der Waals surface area (Å²) in [5, 5.41) is 7.49. The fourth-order valence-electron chi connectivity index (χ4n) is 2.31.